The number of benzene rings is 2. The predicted molar refractivity (Wildman–Crippen MR) is 157 cm³/mol. The second-order valence-electron chi connectivity index (χ2n) is 11.0. The molecule has 1 saturated heterocycles. The monoisotopic (exact) mass is 538 g/mol. The number of nitrogens with two attached hydrogens (primary N) is 1. The molecule has 8 heteroatoms. The number of anilines is 1. The first-order chi connectivity index (χ1) is 19.2. The van der Waals surface area contributed by atoms with Gasteiger partial charge >= 0.3 is 0 Å². The van der Waals surface area contributed by atoms with Crippen LogP contribution in [-0.4, -0.2) is 48.0 Å². The topological polar surface area (TPSA) is 111 Å². The van der Waals surface area contributed by atoms with Crippen LogP contribution in [0.3, 0.4) is 0 Å². The van der Waals surface area contributed by atoms with Crippen molar-refractivity contribution in [3.05, 3.63) is 89.3 Å². The quantitative estimate of drug-likeness (QED) is 0.328. The second kappa shape index (κ2) is 11.4. The molecule has 8 nitrogen and oxygen atoms in total. The molecule has 1 aliphatic rings. The van der Waals surface area contributed by atoms with E-state index in [1.54, 1.807) is 24.4 Å². The van der Waals surface area contributed by atoms with Crippen molar-refractivity contribution in [2.45, 2.75) is 32.7 Å². The summed E-state index contributed by atoms with van der Waals surface area (Å²) in [6.45, 7) is 9.10. The summed E-state index contributed by atoms with van der Waals surface area (Å²) in [5.41, 5.74) is 10.8. The number of carbonyl (C=O) groups is 2. The van der Waals surface area contributed by atoms with Gasteiger partial charge in [0.2, 0.25) is 5.91 Å². The Kier molecular flexibility index (Phi) is 7.71. The lowest BCUT2D eigenvalue weighted by molar-refractivity contribution is -0.116. The molecule has 3 N–H and O–H groups in total. The minimum atomic E-state index is -0.235. The number of pyridine rings is 1. The highest BCUT2D eigenvalue weighted by Crippen LogP contribution is 2.36. The molecular formula is C32H34N4O4. The first-order valence-corrected chi connectivity index (χ1v) is 13.4. The molecule has 5 rings (SSSR count). The molecule has 0 unspecified atom stereocenters. The van der Waals surface area contributed by atoms with Crippen molar-refractivity contribution in [1.29, 1.82) is 0 Å². The summed E-state index contributed by atoms with van der Waals surface area (Å²) in [6.07, 6.45) is 4.76. The number of hydrogen-bond acceptors (Lipinski definition) is 6. The number of carbonyl (C=O) groups excluding carboxylic acids is 2. The lowest BCUT2D eigenvalue weighted by Crippen LogP contribution is -2.40. The standard InChI is InChI=1S/C32H34N4O4/c1-32(2,3)27-18-24(22-6-8-23(9-7-22)31(38)36-12-14-39-15-13-36)16-25-17-26(40-30(25)27)20-35-29(37)11-5-21-4-10-28(33)34-19-21/h4-11,16-19H,12-15,20H2,1-3H3,(H2,33,34)(H,35,37)/b11-5+. The summed E-state index contributed by atoms with van der Waals surface area (Å²) in [5, 5.41) is 3.84. The number of amides is 2. The van der Waals surface area contributed by atoms with Crippen molar-refractivity contribution in [2.75, 3.05) is 32.0 Å². The van der Waals surface area contributed by atoms with Gasteiger partial charge in [0.1, 0.15) is 17.2 Å². The molecular weight excluding hydrogens is 504 g/mol. The molecule has 3 heterocycles. The van der Waals surface area contributed by atoms with Gasteiger partial charge in [-0.1, -0.05) is 32.9 Å². The van der Waals surface area contributed by atoms with Crippen molar-refractivity contribution >= 4 is 34.7 Å². The largest absolute Gasteiger partial charge is 0.459 e. The van der Waals surface area contributed by atoms with Crippen LogP contribution in [0.25, 0.3) is 28.2 Å². The fraction of sp³-hybridized carbons (Fsp3) is 0.281. The third-order valence-electron chi connectivity index (χ3n) is 6.91. The molecule has 0 bridgehead atoms. The molecule has 2 amide bonds. The van der Waals surface area contributed by atoms with Crippen LogP contribution in [0.4, 0.5) is 5.82 Å². The summed E-state index contributed by atoms with van der Waals surface area (Å²) in [5.74, 6) is 0.892. The first-order valence-electron chi connectivity index (χ1n) is 13.4. The lowest BCUT2D eigenvalue weighted by Gasteiger charge is -2.26. The van der Waals surface area contributed by atoms with Crippen LogP contribution in [-0.2, 0) is 21.5 Å². The van der Waals surface area contributed by atoms with Gasteiger partial charge in [0.05, 0.1) is 19.8 Å². The highest BCUT2D eigenvalue weighted by atomic mass is 16.5. The third-order valence-corrected chi connectivity index (χ3v) is 6.91. The molecule has 0 radical (unpaired) electrons. The van der Waals surface area contributed by atoms with E-state index in [0.29, 0.717) is 43.4 Å². The molecule has 4 aromatic rings. The second-order valence-corrected chi connectivity index (χ2v) is 11.0. The van der Waals surface area contributed by atoms with Crippen LogP contribution in [0.5, 0.6) is 0 Å². The molecule has 0 saturated carbocycles. The van der Waals surface area contributed by atoms with Gasteiger partial charge in [0, 0.05) is 41.9 Å². The van der Waals surface area contributed by atoms with Gasteiger partial charge in [0.25, 0.3) is 5.91 Å². The van der Waals surface area contributed by atoms with Gasteiger partial charge in [0.15, 0.2) is 0 Å². The van der Waals surface area contributed by atoms with E-state index in [4.69, 9.17) is 14.9 Å². The molecule has 40 heavy (non-hydrogen) atoms. The fourth-order valence-electron chi connectivity index (χ4n) is 4.69. The van der Waals surface area contributed by atoms with Gasteiger partial charge in [-0.2, -0.15) is 0 Å². The highest BCUT2D eigenvalue weighted by Gasteiger charge is 2.22. The molecule has 1 fully saturated rings. The molecule has 2 aromatic carbocycles. The predicted octanol–water partition coefficient (Wildman–Crippen LogP) is 5.18. The number of furan rings is 1. The van der Waals surface area contributed by atoms with Crippen molar-refractivity contribution in [3.63, 3.8) is 0 Å². The Labute approximate surface area is 233 Å². The van der Waals surface area contributed by atoms with E-state index in [-0.39, 0.29) is 23.8 Å². The normalized spacial score (nSPS) is 14.1. The smallest absolute Gasteiger partial charge is 0.254 e. The van der Waals surface area contributed by atoms with Gasteiger partial charge in [-0.3, -0.25) is 9.59 Å². The Bertz CT molecular complexity index is 1540. The number of hydrogen-bond donors (Lipinski definition) is 2. The van der Waals surface area contributed by atoms with Crippen molar-refractivity contribution < 1.29 is 18.7 Å². The van der Waals surface area contributed by atoms with Crippen molar-refractivity contribution in [3.8, 4) is 11.1 Å². The van der Waals surface area contributed by atoms with Crippen LogP contribution in [0, 0.1) is 0 Å². The summed E-state index contributed by atoms with van der Waals surface area (Å²) in [4.78, 5) is 31.1. The number of fused-ring (bicyclic) bond motifs is 1. The molecule has 0 aliphatic carbocycles. The van der Waals surface area contributed by atoms with Gasteiger partial charge in [-0.05, 0) is 70.6 Å². The third kappa shape index (κ3) is 6.24. The number of aromatic nitrogens is 1. The van der Waals surface area contributed by atoms with Gasteiger partial charge in [-0.15, -0.1) is 0 Å². The maximum atomic E-state index is 12.9. The highest BCUT2D eigenvalue weighted by molar-refractivity contribution is 5.95. The summed E-state index contributed by atoms with van der Waals surface area (Å²) >= 11 is 0. The number of nitrogen functional groups attached to an aromatic ring is 1. The maximum absolute atomic E-state index is 12.9. The van der Waals surface area contributed by atoms with E-state index in [2.05, 4.69) is 43.2 Å². The Morgan fingerprint density at radius 3 is 2.45 bits per heavy atom. The summed E-state index contributed by atoms with van der Waals surface area (Å²) in [6, 6.07) is 17.5. The van der Waals surface area contributed by atoms with E-state index in [1.807, 2.05) is 35.2 Å². The molecule has 0 atom stereocenters. The minimum Gasteiger partial charge on any atom is -0.459 e. The van der Waals surface area contributed by atoms with Gasteiger partial charge in [-0.25, -0.2) is 4.98 Å². The zero-order valence-corrected chi connectivity index (χ0v) is 23.1. The van der Waals surface area contributed by atoms with Crippen molar-refractivity contribution in [1.82, 2.24) is 15.2 Å². The Morgan fingerprint density at radius 2 is 1.77 bits per heavy atom. The van der Waals surface area contributed by atoms with E-state index < -0.39 is 0 Å². The van der Waals surface area contributed by atoms with E-state index in [0.717, 1.165) is 33.2 Å². The molecule has 0 spiro atoms. The number of morpholine rings is 1. The number of nitrogens with zero attached hydrogens (tertiary/aromatic N) is 2. The Morgan fingerprint density at radius 1 is 1.02 bits per heavy atom. The maximum Gasteiger partial charge on any atom is 0.254 e. The van der Waals surface area contributed by atoms with Crippen LogP contribution in [0.2, 0.25) is 0 Å². The van der Waals surface area contributed by atoms with Crippen LogP contribution in [0.15, 0.2) is 71.3 Å². The van der Waals surface area contributed by atoms with E-state index in [1.165, 1.54) is 6.08 Å². The fourth-order valence-corrected chi connectivity index (χ4v) is 4.69. The molecule has 206 valence electrons. The summed E-state index contributed by atoms with van der Waals surface area (Å²) in [7, 11) is 0. The average molecular weight is 539 g/mol. The first kappa shape index (κ1) is 27.1. The Balaban J connectivity index is 1.35. The minimum absolute atomic E-state index is 0.0298. The number of nitrogens with one attached hydrogen (secondary N) is 1. The van der Waals surface area contributed by atoms with Crippen molar-refractivity contribution in [2.24, 2.45) is 0 Å². The average Bonchev–Trinajstić information content (AvgIpc) is 3.38. The zero-order valence-electron chi connectivity index (χ0n) is 23.1. The van der Waals surface area contributed by atoms with E-state index >= 15 is 0 Å². The van der Waals surface area contributed by atoms with Gasteiger partial charge < -0.3 is 25.1 Å². The SMILES string of the molecule is CC(C)(C)c1cc(-c2ccc(C(=O)N3CCOCC3)cc2)cc2cc(CNC(=O)/C=C/c3ccc(N)nc3)oc12. The lowest BCUT2D eigenvalue weighted by atomic mass is 9.84. The number of ether oxygens (including phenoxy) is 1. The van der Waals surface area contributed by atoms with Crippen LogP contribution < -0.4 is 11.1 Å². The number of rotatable bonds is 6. The van der Waals surface area contributed by atoms with Crippen LogP contribution in [0.1, 0.15) is 48.0 Å². The van der Waals surface area contributed by atoms with Crippen LogP contribution >= 0.6 is 0 Å². The molecule has 2 aromatic heterocycles. The summed E-state index contributed by atoms with van der Waals surface area (Å²) < 4.78 is 11.6. The van der Waals surface area contributed by atoms with E-state index in [9.17, 15) is 9.59 Å². The Hall–Kier alpha value is -4.43. The molecule has 1 aliphatic heterocycles. The zero-order chi connectivity index (χ0) is 28.3.